The number of thiophene rings is 1. The lowest BCUT2D eigenvalue weighted by molar-refractivity contribution is -0.121. The predicted octanol–water partition coefficient (Wildman–Crippen LogP) is 3.05. The summed E-state index contributed by atoms with van der Waals surface area (Å²) in [6.45, 7) is 2.33. The largest absolute Gasteiger partial charge is 0.352 e. The number of carbonyl (C=O) groups excluding carboxylic acids is 2. The molecule has 1 aromatic heterocycles. The molecule has 3 rings (SSSR count). The Morgan fingerprint density at radius 1 is 1.13 bits per heavy atom. The van der Waals surface area contributed by atoms with Gasteiger partial charge < -0.3 is 10.6 Å². The quantitative estimate of drug-likeness (QED) is 0.787. The summed E-state index contributed by atoms with van der Waals surface area (Å²) in [6.07, 6.45) is 0.504. The smallest absolute Gasteiger partial charge is 0.220 e. The summed E-state index contributed by atoms with van der Waals surface area (Å²) in [6, 6.07) is 9.93. The maximum Gasteiger partial charge on any atom is 0.220 e. The summed E-state index contributed by atoms with van der Waals surface area (Å²) in [4.78, 5) is 24.4. The molecule has 1 amide bonds. The second kappa shape index (κ2) is 8.24. The molecule has 1 aliphatic heterocycles. The molecule has 0 bridgehead atoms. The first-order valence-electron chi connectivity index (χ1n) is 7.37. The van der Waals surface area contributed by atoms with Gasteiger partial charge in [-0.05, 0) is 28.1 Å². The molecular weight excluding hydrogens is 332 g/mol. The van der Waals surface area contributed by atoms with E-state index in [2.05, 4.69) is 22.8 Å². The minimum atomic E-state index is -0.0801. The molecule has 0 atom stereocenters. The van der Waals surface area contributed by atoms with Gasteiger partial charge in [0.25, 0.3) is 0 Å². The van der Waals surface area contributed by atoms with Gasteiger partial charge in [-0.3, -0.25) is 9.59 Å². The number of halogens is 1. The van der Waals surface area contributed by atoms with Crippen LogP contribution in [0.2, 0.25) is 0 Å². The average Bonchev–Trinajstić information content (AvgIpc) is 3.20. The normalized spacial score (nSPS) is 12.3. The summed E-state index contributed by atoms with van der Waals surface area (Å²) in [5.74, 6) is -0.0442. The first-order chi connectivity index (χ1) is 10.7. The Labute approximate surface area is 145 Å². The van der Waals surface area contributed by atoms with Crippen LogP contribution < -0.4 is 10.6 Å². The molecule has 122 valence electrons. The molecule has 2 heterocycles. The van der Waals surface area contributed by atoms with Gasteiger partial charge in [0.05, 0.1) is 4.88 Å². The molecule has 2 aromatic rings. The van der Waals surface area contributed by atoms with Crippen LogP contribution in [0.5, 0.6) is 0 Å². The van der Waals surface area contributed by atoms with E-state index in [0.717, 1.165) is 23.5 Å². The molecule has 0 fully saturated rings. The van der Waals surface area contributed by atoms with Crippen LogP contribution in [0.4, 0.5) is 0 Å². The highest BCUT2D eigenvalue weighted by atomic mass is 35.5. The molecule has 0 aliphatic carbocycles. The zero-order valence-electron chi connectivity index (χ0n) is 12.6. The van der Waals surface area contributed by atoms with Gasteiger partial charge in [-0.25, -0.2) is 0 Å². The van der Waals surface area contributed by atoms with Crippen molar-refractivity contribution in [3.63, 3.8) is 0 Å². The molecule has 0 radical (unpaired) electrons. The Morgan fingerprint density at radius 2 is 1.96 bits per heavy atom. The van der Waals surface area contributed by atoms with E-state index in [9.17, 15) is 9.59 Å². The molecule has 6 heteroatoms. The van der Waals surface area contributed by atoms with Gasteiger partial charge in [-0.2, -0.15) is 0 Å². The van der Waals surface area contributed by atoms with Gasteiger partial charge in [0, 0.05) is 32.5 Å². The van der Waals surface area contributed by atoms with Crippen molar-refractivity contribution in [3.05, 3.63) is 57.3 Å². The van der Waals surface area contributed by atoms with E-state index < -0.39 is 0 Å². The highest BCUT2D eigenvalue weighted by Crippen LogP contribution is 2.17. The minimum Gasteiger partial charge on any atom is -0.352 e. The fourth-order valence-electron chi connectivity index (χ4n) is 2.53. The van der Waals surface area contributed by atoms with Crippen LogP contribution in [-0.2, 0) is 24.4 Å². The van der Waals surface area contributed by atoms with E-state index in [4.69, 9.17) is 0 Å². The van der Waals surface area contributed by atoms with E-state index in [1.54, 1.807) is 6.07 Å². The van der Waals surface area contributed by atoms with Crippen molar-refractivity contribution in [2.45, 2.75) is 32.5 Å². The van der Waals surface area contributed by atoms with Crippen molar-refractivity contribution >= 4 is 35.4 Å². The Hall–Kier alpha value is -1.69. The zero-order valence-corrected chi connectivity index (χ0v) is 14.3. The maximum atomic E-state index is 11.9. The molecule has 0 saturated carbocycles. The van der Waals surface area contributed by atoms with Crippen molar-refractivity contribution in [1.29, 1.82) is 0 Å². The summed E-state index contributed by atoms with van der Waals surface area (Å²) in [5, 5.41) is 8.06. The zero-order chi connectivity index (χ0) is 15.4. The molecule has 2 N–H and O–H groups in total. The molecular formula is C17H19ClN2O2S. The second-order valence-electron chi connectivity index (χ2n) is 5.38. The number of fused-ring (bicyclic) bond motifs is 1. The number of hydrogen-bond acceptors (Lipinski definition) is 4. The van der Waals surface area contributed by atoms with E-state index in [1.165, 1.54) is 22.5 Å². The Bertz CT molecular complexity index is 686. The van der Waals surface area contributed by atoms with Crippen molar-refractivity contribution in [2.24, 2.45) is 0 Å². The van der Waals surface area contributed by atoms with Crippen LogP contribution in [0.1, 0.15) is 39.2 Å². The van der Waals surface area contributed by atoms with Gasteiger partial charge in [0.1, 0.15) is 0 Å². The summed E-state index contributed by atoms with van der Waals surface area (Å²) < 4.78 is 0. The highest BCUT2D eigenvalue weighted by molar-refractivity contribution is 7.12. The van der Waals surface area contributed by atoms with Gasteiger partial charge in [-0.1, -0.05) is 24.3 Å². The average molecular weight is 351 g/mol. The van der Waals surface area contributed by atoms with Gasteiger partial charge >= 0.3 is 0 Å². The number of rotatable bonds is 6. The monoisotopic (exact) mass is 350 g/mol. The Kier molecular flexibility index (Phi) is 6.33. The van der Waals surface area contributed by atoms with Gasteiger partial charge in [0.2, 0.25) is 5.91 Å². The number of carbonyl (C=O) groups is 2. The third kappa shape index (κ3) is 4.64. The van der Waals surface area contributed by atoms with Crippen LogP contribution in [-0.4, -0.2) is 11.7 Å². The molecule has 4 nitrogen and oxygen atoms in total. The molecule has 0 spiro atoms. The predicted molar refractivity (Wildman–Crippen MR) is 94.0 cm³/mol. The third-order valence-electron chi connectivity index (χ3n) is 3.77. The van der Waals surface area contributed by atoms with Crippen molar-refractivity contribution < 1.29 is 9.59 Å². The minimum absolute atomic E-state index is 0. The van der Waals surface area contributed by atoms with Crippen LogP contribution in [0.25, 0.3) is 0 Å². The third-order valence-corrected chi connectivity index (χ3v) is 4.68. The number of amides is 1. The van der Waals surface area contributed by atoms with E-state index in [1.807, 2.05) is 17.5 Å². The van der Waals surface area contributed by atoms with Crippen LogP contribution in [0.15, 0.2) is 35.7 Å². The first-order valence-corrected chi connectivity index (χ1v) is 8.25. The second-order valence-corrected chi connectivity index (χ2v) is 6.33. The van der Waals surface area contributed by atoms with Crippen LogP contribution in [0.3, 0.4) is 0 Å². The molecule has 1 aromatic carbocycles. The fourth-order valence-corrected chi connectivity index (χ4v) is 3.23. The van der Waals surface area contributed by atoms with Crippen LogP contribution >= 0.6 is 23.7 Å². The SMILES string of the molecule is Cl.O=C(CCC(=O)c1cccs1)NCc1ccc2c(c1)CNC2. The highest BCUT2D eigenvalue weighted by Gasteiger charge is 2.12. The van der Waals surface area contributed by atoms with Gasteiger partial charge in [-0.15, -0.1) is 23.7 Å². The molecule has 0 saturated heterocycles. The lowest BCUT2D eigenvalue weighted by Gasteiger charge is -2.07. The number of ketones is 1. The van der Waals surface area contributed by atoms with Crippen LogP contribution in [0, 0.1) is 0 Å². The van der Waals surface area contributed by atoms with Crippen molar-refractivity contribution in [3.8, 4) is 0 Å². The van der Waals surface area contributed by atoms with Gasteiger partial charge in [0.15, 0.2) is 5.78 Å². The van der Waals surface area contributed by atoms with E-state index >= 15 is 0 Å². The summed E-state index contributed by atoms with van der Waals surface area (Å²) >= 11 is 1.42. The Morgan fingerprint density at radius 3 is 2.74 bits per heavy atom. The number of Topliss-reactive ketones (excluding diaryl/α,β-unsaturated/α-hetero) is 1. The van der Waals surface area contributed by atoms with Crippen molar-refractivity contribution in [2.75, 3.05) is 0 Å². The lowest BCUT2D eigenvalue weighted by atomic mass is 10.1. The number of benzene rings is 1. The molecule has 0 unspecified atom stereocenters. The van der Waals surface area contributed by atoms with Crippen molar-refractivity contribution in [1.82, 2.24) is 10.6 Å². The van der Waals surface area contributed by atoms with E-state index in [0.29, 0.717) is 6.54 Å². The lowest BCUT2D eigenvalue weighted by Crippen LogP contribution is -2.23. The number of nitrogens with one attached hydrogen (secondary N) is 2. The molecule has 1 aliphatic rings. The summed E-state index contributed by atoms with van der Waals surface area (Å²) in [7, 11) is 0. The maximum absolute atomic E-state index is 11.9. The Balaban J connectivity index is 0.00000192. The molecule has 23 heavy (non-hydrogen) atoms. The summed E-state index contributed by atoms with van der Waals surface area (Å²) in [5.41, 5.74) is 3.73. The fraction of sp³-hybridized carbons (Fsp3) is 0.294. The number of hydrogen-bond donors (Lipinski definition) is 2. The standard InChI is InChI=1S/C17H18N2O2S.ClH/c20-15(16-2-1-7-22-16)5-6-17(21)19-9-12-3-4-13-10-18-11-14(13)8-12;/h1-4,7-8,18H,5-6,9-11H2,(H,19,21);1H. The van der Waals surface area contributed by atoms with E-state index in [-0.39, 0.29) is 36.9 Å². The first kappa shape index (κ1) is 17.7. The topological polar surface area (TPSA) is 58.2 Å².